The molecule has 0 atom stereocenters. The van der Waals surface area contributed by atoms with Gasteiger partial charge in [-0.1, -0.05) is 49.5 Å². The topological polar surface area (TPSA) is 37.3 Å². The molecule has 0 spiro atoms. The van der Waals surface area contributed by atoms with E-state index in [-0.39, 0.29) is 11.8 Å². The van der Waals surface area contributed by atoms with Gasteiger partial charge in [-0.3, -0.25) is 4.79 Å². The third-order valence-corrected chi connectivity index (χ3v) is 5.15. The van der Waals surface area contributed by atoms with Crippen LogP contribution in [0.25, 0.3) is 0 Å². The van der Waals surface area contributed by atoms with Crippen molar-refractivity contribution in [2.24, 2.45) is 5.41 Å². The van der Waals surface area contributed by atoms with Crippen molar-refractivity contribution in [3.63, 3.8) is 0 Å². The van der Waals surface area contributed by atoms with E-state index in [4.69, 9.17) is 5.11 Å². The lowest BCUT2D eigenvalue weighted by Gasteiger charge is -2.32. The van der Waals surface area contributed by atoms with Crippen LogP contribution >= 0.6 is 0 Å². The molecule has 1 aromatic carbocycles. The minimum absolute atomic E-state index is 0.253. The number of hydrogen-bond acceptors (Lipinski definition) is 1. The Hall–Kier alpha value is -2.27. The van der Waals surface area contributed by atoms with Crippen LogP contribution in [-0.2, 0) is 11.2 Å². The predicted molar refractivity (Wildman–Crippen MR) is 108 cm³/mol. The zero-order valence-electron chi connectivity index (χ0n) is 16.3. The van der Waals surface area contributed by atoms with E-state index in [9.17, 15) is 4.79 Å². The number of carbonyl (C=O) groups is 1. The van der Waals surface area contributed by atoms with Crippen LogP contribution in [0.4, 0.5) is 0 Å². The summed E-state index contributed by atoms with van der Waals surface area (Å²) in [5.74, 6) is 5.64. The zero-order chi connectivity index (χ0) is 19.0. The van der Waals surface area contributed by atoms with Crippen LogP contribution in [-0.4, -0.2) is 11.1 Å². The van der Waals surface area contributed by atoms with Crippen LogP contribution in [0, 0.1) is 17.3 Å². The normalized spacial score (nSPS) is 16.4. The van der Waals surface area contributed by atoms with Gasteiger partial charge in [0, 0.05) is 12.0 Å². The van der Waals surface area contributed by atoms with E-state index >= 15 is 0 Å². The number of benzene rings is 1. The second kappa shape index (κ2) is 9.43. The molecule has 0 saturated carbocycles. The average Bonchev–Trinajstić information content (AvgIpc) is 2.58. The number of carboxylic acid groups (broad SMARTS) is 1. The maximum atomic E-state index is 10.5. The number of aryl methyl sites for hydroxylation is 1. The molecule has 0 saturated heterocycles. The molecule has 1 aliphatic carbocycles. The smallest absolute Gasteiger partial charge is 0.303 e. The Bertz CT molecular complexity index is 737. The first-order chi connectivity index (χ1) is 12.4. The van der Waals surface area contributed by atoms with E-state index in [1.165, 1.54) is 36.0 Å². The van der Waals surface area contributed by atoms with Crippen LogP contribution in [0.3, 0.4) is 0 Å². The van der Waals surface area contributed by atoms with Crippen molar-refractivity contribution in [1.82, 2.24) is 0 Å². The highest BCUT2D eigenvalue weighted by Crippen LogP contribution is 2.40. The van der Waals surface area contributed by atoms with Gasteiger partial charge in [0.1, 0.15) is 0 Å². The molecule has 1 aliphatic rings. The third-order valence-electron chi connectivity index (χ3n) is 5.15. The lowest BCUT2D eigenvalue weighted by Crippen LogP contribution is -2.18. The fourth-order valence-corrected chi connectivity index (χ4v) is 3.62. The second-order valence-electron chi connectivity index (χ2n) is 7.83. The van der Waals surface area contributed by atoms with Gasteiger partial charge in [0.2, 0.25) is 0 Å². The van der Waals surface area contributed by atoms with Crippen molar-refractivity contribution in [2.45, 2.75) is 65.7 Å². The van der Waals surface area contributed by atoms with Crippen molar-refractivity contribution < 1.29 is 9.90 Å². The van der Waals surface area contributed by atoms with Crippen LogP contribution in [0.15, 0.2) is 47.6 Å². The van der Waals surface area contributed by atoms with Crippen molar-refractivity contribution in [2.75, 3.05) is 0 Å². The van der Waals surface area contributed by atoms with Gasteiger partial charge in [-0.25, -0.2) is 0 Å². The molecule has 0 aromatic heterocycles. The minimum Gasteiger partial charge on any atom is -0.481 e. The number of allylic oxidation sites excluding steroid dienone is 4. The first kappa shape index (κ1) is 20.0. The largest absolute Gasteiger partial charge is 0.481 e. The fourth-order valence-electron chi connectivity index (χ4n) is 3.62. The molecule has 0 bridgehead atoms. The highest BCUT2D eigenvalue weighted by atomic mass is 16.4. The van der Waals surface area contributed by atoms with Gasteiger partial charge in [0.15, 0.2) is 0 Å². The van der Waals surface area contributed by atoms with Gasteiger partial charge in [-0.2, -0.15) is 0 Å². The van der Waals surface area contributed by atoms with Gasteiger partial charge < -0.3 is 5.11 Å². The molecule has 138 valence electrons. The summed E-state index contributed by atoms with van der Waals surface area (Å²) in [6, 6.07) is 8.27. The van der Waals surface area contributed by atoms with Crippen molar-refractivity contribution in [3.05, 3.63) is 58.7 Å². The summed E-state index contributed by atoms with van der Waals surface area (Å²) in [6.45, 7) is 6.87. The maximum Gasteiger partial charge on any atom is 0.303 e. The molecule has 0 fully saturated rings. The molecule has 1 aromatic rings. The van der Waals surface area contributed by atoms with E-state index in [0.29, 0.717) is 0 Å². The Morgan fingerprint density at radius 2 is 1.96 bits per heavy atom. The van der Waals surface area contributed by atoms with Gasteiger partial charge in [0.05, 0.1) is 0 Å². The van der Waals surface area contributed by atoms with E-state index in [1.54, 1.807) is 0 Å². The van der Waals surface area contributed by atoms with Crippen LogP contribution < -0.4 is 0 Å². The molecule has 0 heterocycles. The molecule has 1 N–H and O–H groups in total. The summed E-state index contributed by atoms with van der Waals surface area (Å²) in [7, 11) is 0. The average molecular weight is 351 g/mol. The summed E-state index contributed by atoms with van der Waals surface area (Å²) in [5, 5.41) is 8.65. The molecule has 0 unspecified atom stereocenters. The van der Waals surface area contributed by atoms with Gasteiger partial charge in [-0.05, 0) is 80.2 Å². The van der Waals surface area contributed by atoms with E-state index in [1.807, 2.05) is 18.2 Å². The fraction of sp³-hybridized carbons (Fsp3) is 0.458. The quantitative estimate of drug-likeness (QED) is 0.511. The standard InChI is InChI=1S/C24H30O2/c1-19-9-8-18-24(2,3)22(19)12-6-4-10-20-14-16-21(17-15-20)11-5-7-13-23(25)26/h6,12,14-17H,5,7-9,11,13,18H2,1-3H3,(H,25,26). The molecule has 26 heavy (non-hydrogen) atoms. The lowest BCUT2D eigenvalue weighted by molar-refractivity contribution is -0.137. The molecule has 2 rings (SSSR count). The van der Waals surface area contributed by atoms with E-state index < -0.39 is 5.97 Å². The molecular weight excluding hydrogens is 320 g/mol. The molecule has 2 heteroatoms. The summed E-state index contributed by atoms with van der Waals surface area (Å²) < 4.78 is 0. The first-order valence-electron chi connectivity index (χ1n) is 9.57. The highest BCUT2D eigenvalue weighted by molar-refractivity contribution is 5.66. The number of aliphatic carboxylic acids is 1. The monoisotopic (exact) mass is 350 g/mol. The van der Waals surface area contributed by atoms with Crippen molar-refractivity contribution in [1.29, 1.82) is 0 Å². The van der Waals surface area contributed by atoms with Gasteiger partial charge >= 0.3 is 5.97 Å². The van der Waals surface area contributed by atoms with E-state index in [2.05, 4.69) is 50.8 Å². The Labute approximate surface area is 158 Å². The van der Waals surface area contributed by atoms with Crippen LogP contribution in [0.1, 0.15) is 70.4 Å². The number of unbranched alkanes of at least 4 members (excludes halogenated alkanes) is 1. The Kier molecular flexibility index (Phi) is 7.27. The van der Waals surface area contributed by atoms with Crippen LogP contribution in [0.2, 0.25) is 0 Å². The summed E-state index contributed by atoms with van der Waals surface area (Å²) in [5.41, 5.74) is 5.43. The molecule has 0 radical (unpaired) electrons. The number of rotatable bonds is 6. The summed E-state index contributed by atoms with van der Waals surface area (Å²) in [6.07, 6.45) is 10.7. The van der Waals surface area contributed by atoms with Crippen molar-refractivity contribution >= 4 is 5.97 Å². The van der Waals surface area contributed by atoms with Gasteiger partial charge in [0.25, 0.3) is 0 Å². The van der Waals surface area contributed by atoms with Gasteiger partial charge in [-0.15, -0.1) is 0 Å². The lowest BCUT2D eigenvalue weighted by atomic mass is 9.73. The Balaban J connectivity index is 1.91. The second-order valence-corrected chi connectivity index (χ2v) is 7.83. The Morgan fingerprint density at radius 3 is 2.62 bits per heavy atom. The SMILES string of the molecule is CC1=C(C=CC#Cc2ccc(CCCCC(=O)O)cc2)C(C)(C)CCC1. The minimum atomic E-state index is -0.716. The summed E-state index contributed by atoms with van der Waals surface area (Å²) in [4.78, 5) is 10.5. The van der Waals surface area contributed by atoms with E-state index in [0.717, 1.165) is 24.8 Å². The molecule has 0 amide bonds. The first-order valence-corrected chi connectivity index (χ1v) is 9.57. The molecule has 2 nitrogen and oxygen atoms in total. The summed E-state index contributed by atoms with van der Waals surface area (Å²) >= 11 is 0. The number of carboxylic acids is 1. The zero-order valence-corrected chi connectivity index (χ0v) is 16.3. The highest BCUT2D eigenvalue weighted by Gasteiger charge is 2.26. The maximum absolute atomic E-state index is 10.5. The molecular formula is C24H30O2. The predicted octanol–water partition coefficient (Wildman–Crippen LogP) is 5.92. The van der Waals surface area contributed by atoms with Crippen LogP contribution in [0.5, 0.6) is 0 Å². The third kappa shape index (κ3) is 6.23. The number of hydrogen-bond donors (Lipinski definition) is 1. The molecule has 0 aliphatic heterocycles. The Morgan fingerprint density at radius 1 is 1.23 bits per heavy atom. The van der Waals surface area contributed by atoms with Crippen molar-refractivity contribution in [3.8, 4) is 11.8 Å².